The second-order valence-electron chi connectivity index (χ2n) is 3.70. The SMILES string of the molecule is Nc1[nH]ncc1S(=O)(=O)NCCCn1ccnc1. The number of hydrogen-bond acceptors (Lipinski definition) is 5. The van der Waals surface area contributed by atoms with E-state index in [0.717, 1.165) is 0 Å². The van der Waals surface area contributed by atoms with Gasteiger partial charge in [0.25, 0.3) is 0 Å². The van der Waals surface area contributed by atoms with Crippen LogP contribution in [-0.4, -0.2) is 34.7 Å². The summed E-state index contributed by atoms with van der Waals surface area (Å²) in [6, 6.07) is 0. The third-order valence-corrected chi connectivity index (χ3v) is 3.85. The number of nitrogens with one attached hydrogen (secondary N) is 2. The van der Waals surface area contributed by atoms with E-state index in [-0.39, 0.29) is 10.7 Å². The van der Waals surface area contributed by atoms with E-state index in [0.29, 0.717) is 19.5 Å². The number of nitrogens with zero attached hydrogens (tertiary/aromatic N) is 3. The van der Waals surface area contributed by atoms with Gasteiger partial charge in [-0.2, -0.15) is 5.10 Å². The normalized spacial score (nSPS) is 11.8. The highest BCUT2D eigenvalue weighted by Gasteiger charge is 2.18. The Morgan fingerprint density at radius 1 is 1.50 bits per heavy atom. The van der Waals surface area contributed by atoms with Crippen LogP contribution < -0.4 is 10.5 Å². The molecule has 0 spiro atoms. The summed E-state index contributed by atoms with van der Waals surface area (Å²) in [5.74, 6) is 0.0390. The highest BCUT2D eigenvalue weighted by Crippen LogP contribution is 2.13. The minimum absolute atomic E-state index is 0.0230. The number of aromatic nitrogens is 4. The van der Waals surface area contributed by atoms with E-state index < -0.39 is 10.0 Å². The quantitative estimate of drug-likeness (QED) is 0.615. The Labute approximate surface area is 104 Å². The molecule has 2 aromatic rings. The van der Waals surface area contributed by atoms with Crippen molar-refractivity contribution >= 4 is 15.8 Å². The van der Waals surface area contributed by atoms with Crippen molar-refractivity contribution in [3.8, 4) is 0 Å². The maximum absolute atomic E-state index is 11.8. The average Bonchev–Trinajstić information content (AvgIpc) is 2.95. The summed E-state index contributed by atoms with van der Waals surface area (Å²) >= 11 is 0. The molecule has 0 radical (unpaired) electrons. The molecule has 0 aliphatic rings. The van der Waals surface area contributed by atoms with Crippen LogP contribution in [-0.2, 0) is 16.6 Å². The summed E-state index contributed by atoms with van der Waals surface area (Å²) in [6.45, 7) is 1.02. The van der Waals surface area contributed by atoms with Gasteiger partial charge in [-0.25, -0.2) is 18.1 Å². The maximum atomic E-state index is 11.8. The highest BCUT2D eigenvalue weighted by atomic mass is 32.2. The maximum Gasteiger partial charge on any atom is 0.245 e. The number of H-pyrrole nitrogens is 1. The molecule has 2 rings (SSSR count). The fourth-order valence-corrected chi connectivity index (χ4v) is 2.56. The van der Waals surface area contributed by atoms with E-state index in [4.69, 9.17) is 5.73 Å². The van der Waals surface area contributed by atoms with Crippen molar-refractivity contribution in [3.05, 3.63) is 24.9 Å². The fourth-order valence-electron chi connectivity index (χ4n) is 1.46. The smallest absolute Gasteiger partial charge is 0.245 e. The molecule has 0 aliphatic heterocycles. The van der Waals surface area contributed by atoms with Gasteiger partial charge in [-0.05, 0) is 6.42 Å². The predicted molar refractivity (Wildman–Crippen MR) is 65.0 cm³/mol. The van der Waals surface area contributed by atoms with Crippen LogP contribution in [0.2, 0.25) is 0 Å². The Bertz CT molecular complexity index is 588. The van der Waals surface area contributed by atoms with Crippen LogP contribution in [0, 0.1) is 0 Å². The third kappa shape index (κ3) is 2.87. The van der Waals surface area contributed by atoms with Gasteiger partial charge in [-0.1, -0.05) is 0 Å². The molecule has 0 saturated carbocycles. The number of aromatic amines is 1. The van der Waals surface area contributed by atoms with Crippen molar-refractivity contribution in [1.29, 1.82) is 0 Å². The van der Waals surface area contributed by atoms with Crippen molar-refractivity contribution in [2.24, 2.45) is 0 Å². The summed E-state index contributed by atoms with van der Waals surface area (Å²) in [5.41, 5.74) is 5.46. The van der Waals surface area contributed by atoms with E-state index in [2.05, 4.69) is 19.9 Å². The number of imidazole rings is 1. The Balaban J connectivity index is 1.85. The van der Waals surface area contributed by atoms with E-state index in [1.165, 1.54) is 6.20 Å². The molecule has 8 nitrogen and oxygen atoms in total. The van der Waals surface area contributed by atoms with Crippen LogP contribution in [0.15, 0.2) is 29.8 Å². The van der Waals surface area contributed by atoms with Gasteiger partial charge in [0.05, 0.1) is 12.5 Å². The van der Waals surface area contributed by atoms with Gasteiger partial charge in [0.1, 0.15) is 10.7 Å². The summed E-state index contributed by atoms with van der Waals surface area (Å²) < 4.78 is 27.9. The zero-order chi connectivity index (χ0) is 13.0. The minimum atomic E-state index is -3.58. The van der Waals surface area contributed by atoms with E-state index in [1.54, 1.807) is 12.5 Å². The second kappa shape index (κ2) is 5.19. The lowest BCUT2D eigenvalue weighted by Gasteiger charge is -2.05. The van der Waals surface area contributed by atoms with Crippen LogP contribution in [0.1, 0.15) is 6.42 Å². The number of nitrogen functional groups attached to an aromatic ring is 1. The number of rotatable bonds is 6. The topological polar surface area (TPSA) is 119 Å². The molecule has 9 heteroatoms. The van der Waals surface area contributed by atoms with Gasteiger partial charge in [0.15, 0.2) is 0 Å². The predicted octanol–water partition coefficient (Wildman–Crippen LogP) is -0.443. The summed E-state index contributed by atoms with van der Waals surface area (Å²) in [4.78, 5) is 3.87. The van der Waals surface area contributed by atoms with Gasteiger partial charge < -0.3 is 10.3 Å². The van der Waals surface area contributed by atoms with E-state index >= 15 is 0 Å². The largest absolute Gasteiger partial charge is 0.383 e. The molecular weight excluding hydrogens is 256 g/mol. The lowest BCUT2D eigenvalue weighted by atomic mass is 10.4. The Morgan fingerprint density at radius 3 is 2.94 bits per heavy atom. The third-order valence-electron chi connectivity index (χ3n) is 2.37. The molecule has 2 heterocycles. The molecule has 98 valence electrons. The molecule has 0 saturated heterocycles. The van der Waals surface area contributed by atoms with E-state index in [9.17, 15) is 8.42 Å². The van der Waals surface area contributed by atoms with Crippen molar-refractivity contribution in [2.45, 2.75) is 17.9 Å². The van der Waals surface area contributed by atoms with Crippen LogP contribution in [0.25, 0.3) is 0 Å². The van der Waals surface area contributed by atoms with Crippen LogP contribution in [0.4, 0.5) is 5.82 Å². The van der Waals surface area contributed by atoms with Gasteiger partial charge in [0.2, 0.25) is 10.0 Å². The first-order valence-corrected chi connectivity index (χ1v) is 6.82. The average molecular weight is 270 g/mol. The first-order chi connectivity index (χ1) is 8.59. The van der Waals surface area contributed by atoms with Crippen molar-refractivity contribution in [1.82, 2.24) is 24.5 Å². The molecule has 18 heavy (non-hydrogen) atoms. The first kappa shape index (κ1) is 12.6. The van der Waals surface area contributed by atoms with Gasteiger partial charge in [0, 0.05) is 25.5 Å². The Hall–Kier alpha value is -1.87. The molecule has 0 amide bonds. The molecule has 2 aromatic heterocycles. The lowest BCUT2D eigenvalue weighted by Crippen LogP contribution is -2.25. The summed E-state index contributed by atoms with van der Waals surface area (Å²) in [7, 11) is -3.58. The Kier molecular flexibility index (Phi) is 3.63. The van der Waals surface area contributed by atoms with Crippen LogP contribution in [0.5, 0.6) is 0 Å². The summed E-state index contributed by atoms with van der Waals surface area (Å²) in [5, 5.41) is 5.96. The zero-order valence-corrected chi connectivity index (χ0v) is 10.4. The minimum Gasteiger partial charge on any atom is -0.383 e. The molecule has 4 N–H and O–H groups in total. The molecule has 0 bridgehead atoms. The van der Waals surface area contributed by atoms with E-state index in [1.807, 2.05) is 10.8 Å². The fraction of sp³-hybridized carbons (Fsp3) is 0.333. The number of anilines is 1. The van der Waals surface area contributed by atoms with Gasteiger partial charge in [-0.15, -0.1) is 0 Å². The number of sulfonamides is 1. The lowest BCUT2D eigenvalue weighted by molar-refractivity contribution is 0.570. The second-order valence-corrected chi connectivity index (χ2v) is 5.44. The molecule has 0 fully saturated rings. The Morgan fingerprint density at radius 2 is 2.33 bits per heavy atom. The molecule has 0 aromatic carbocycles. The van der Waals surface area contributed by atoms with Crippen LogP contribution >= 0.6 is 0 Å². The van der Waals surface area contributed by atoms with Gasteiger partial charge in [-0.3, -0.25) is 5.10 Å². The molecular formula is C9H14N6O2S. The summed E-state index contributed by atoms with van der Waals surface area (Å²) in [6.07, 6.45) is 7.03. The number of nitrogens with two attached hydrogens (primary N) is 1. The van der Waals surface area contributed by atoms with Crippen LogP contribution in [0.3, 0.4) is 0 Å². The zero-order valence-electron chi connectivity index (χ0n) is 9.57. The molecule has 0 aliphatic carbocycles. The monoisotopic (exact) mass is 270 g/mol. The number of hydrogen-bond donors (Lipinski definition) is 3. The van der Waals surface area contributed by atoms with Crippen molar-refractivity contribution < 1.29 is 8.42 Å². The molecule has 0 atom stereocenters. The highest BCUT2D eigenvalue weighted by molar-refractivity contribution is 7.89. The van der Waals surface area contributed by atoms with Crippen molar-refractivity contribution in [2.75, 3.05) is 12.3 Å². The van der Waals surface area contributed by atoms with Gasteiger partial charge >= 0.3 is 0 Å². The number of aryl methyl sites for hydroxylation is 1. The standard InChI is InChI=1S/C9H14N6O2S/c10-9-8(6-12-14-9)18(16,17)13-2-1-4-15-5-3-11-7-15/h3,5-7,13H,1-2,4H2,(H3,10,12,14). The van der Waals surface area contributed by atoms with Crippen molar-refractivity contribution in [3.63, 3.8) is 0 Å². The first-order valence-electron chi connectivity index (χ1n) is 5.34. The molecule has 0 unspecified atom stereocenters.